The fourth-order valence-electron chi connectivity index (χ4n) is 5.75. The first-order valence-electron chi connectivity index (χ1n) is 14.5. The maximum absolute atomic E-state index is 13.4. The van der Waals surface area contributed by atoms with Gasteiger partial charge in [0.05, 0.1) is 13.0 Å². The Morgan fingerprint density at radius 2 is 1.59 bits per heavy atom. The van der Waals surface area contributed by atoms with Crippen molar-refractivity contribution in [1.82, 2.24) is 9.80 Å². The van der Waals surface area contributed by atoms with Crippen molar-refractivity contribution in [3.05, 3.63) is 65.2 Å². The normalized spacial score (nSPS) is 19.2. The molecule has 2 aromatic rings. The molecule has 1 unspecified atom stereocenters. The summed E-state index contributed by atoms with van der Waals surface area (Å²) < 4.78 is 51.0. The molecule has 41 heavy (non-hydrogen) atoms. The number of piperidine rings is 1. The quantitative estimate of drug-likeness (QED) is 0.328. The Kier molecular flexibility index (Phi) is 9.67. The average Bonchev–Trinajstić information content (AvgIpc) is 3.26. The molecule has 0 N–H and O–H groups in total. The lowest BCUT2D eigenvalue weighted by Gasteiger charge is -2.43. The molecule has 224 valence electrons. The summed E-state index contributed by atoms with van der Waals surface area (Å²) >= 11 is 0. The van der Waals surface area contributed by atoms with Crippen molar-refractivity contribution >= 4 is 11.9 Å². The maximum atomic E-state index is 13.4. The first-order valence-corrected chi connectivity index (χ1v) is 14.5. The lowest BCUT2D eigenvalue weighted by Crippen LogP contribution is -2.51. The van der Waals surface area contributed by atoms with Crippen molar-refractivity contribution < 1.29 is 32.2 Å². The van der Waals surface area contributed by atoms with E-state index in [4.69, 9.17) is 9.47 Å². The molecule has 0 aliphatic carbocycles. The molecule has 2 aliphatic rings. The third-order valence-corrected chi connectivity index (χ3v) is 8.22. The molecule has 4 rings (SSSR count). The van der Waals surface area contributed by atoms with Crippen LogP contribution in [0.3, 0.4) is 0 Å². The van der Waals surface area contributed by atoms with E-state index in [9.17, 15) is 22.8 Å². The van der Waals surface area contributed by atoms with E-state index in [0.29, 0.717) is 57.3 Å². The highest BCUT2D eigenvalue weighted by Gasteiger charge is 2.55. The van der Waals surface area contributed by atoms with E-state index < -0.39 is 23.8 Å². The van der Waals surface area contributed by atoms with Crippen LogP contribution in [-0.2, 0) is 27.3 Å². The summed E-state index contributed by atoms with van der Waals surface area (Å²) in [7, 11) is 0. The molecule has 2 aromatic carbocycles. The number of para-hydroxylation sites is 1. The molecule has 6 nitrogen and oxygen atoms in total. The zero-order valence-electron chi connectivity index (χ0n) is 24.4. The Balaban J connectivity index is 1.46. The Morgan fingerprint density at radius 1 is 0.951 bits per heavy atom. The first kappa shape index (κ1) is 30.9. The molecule has 1 amide bonds. The van der Waals surface area contributed by atoms with Gasteiger partial charge in [-0.15, -0.1) is 0 Å². The lowest BCUT2D eigenvalue weighted by molar-refractivity contribution is -0.219. The molecule has 0 saturated carbocycles. The van der Waals surface area contributed by atoms with Crippen molar-refractivity contribution in [2.45, 2.75) is 78.2 Å². The van der Waals surface area contributed by atoms with Gasteiger partial charge in [-0.05, 0) is 61.4 Å². The van der Waals surface area contributed by atoms with Gasteiger partial charge in [0.2, 0.25) is 5.91 Å². The van der Waals surface area contributed by atoms with E-state index >= 15 is 0 Å². The number of rotatable bonds is 9. The summed E-state index contributed by atoms with van der Waals surface area (Å²) in [6.07, 6.45) is -4.82. The van der Waals surface area contributed by atoms with Crippen molar-refractivity contribution in [3.8, 4) is 5.75 Å². The second kappa shape index (κ2) is 12.8. The van der Waals surface area contributed by atoms with Gasteiger partial charge in [-0.1, -0.05) is 70.2 Å². The van der Waals surface area contributed by atoms with E-state index in [2.05, 4.69) is 32.6 Å². The zero-order valence-corrected chi connectivity index (χ0v) is 24.4. The summed E-state index contributed by atoms with van der Waals surface area (Å²) in [4.78, 5) is 29.0. The minimum atomic E-state index is -5.13. The van der Waals surface area contributed by atoms with Gasteiger partial charge in [0, 0.05) is 24.1 Å². The van der Waals surface area contributed by atoms with Crippen LogP contribution in [-0.4, -0.2) is 60.3 Å². The standard InChI is InChI=1S/C32H41F3N2O4/c1-22(2)21-40-27-8-6-5-7-26(27)20-36-16-13-31(14-17-36)15-18-37(29(31)41-30(39)32(33,34)35)28(38)19-24-9-11-25(12-10-24)23(3)4/h5-12,22-23,29H,13-21H2,1-4H3. The Hall–Kier alpha value is -3.07. The molecular formula is C32H41F3N2O4. The van der Waals surface area contributed by atoms with E-state index in [1.807, 2.05) is 48.5 Å². The molecule has 1 spiro atoms. The zero-order chi connectivity index (χ0) is 29.8. The maximum Gasteiger partial charge on any atom is 0.491 e. The predicted octanol–water partition coefficient (Wildman–Crippen LogP) is 6.33. The Morgan fingerprint density at radius 3 is 2.20 bits per heavy atom. The number of halogens is 3. The van der Waals surface area contributed by atoms with E-state index in [-0.39, 0.29) is 18.9 Å². The second-order valence-electron chi connectivity index (χ2n) is 12.1. The SMILES string of the molecule is CC(C)COc1ccccc1CN1CCC2(CC1)CCN(C(=O)Cc1ccc(C(C)C)cc1)C2OC(=O)C(F)(F)F. The number of ether oxygens (including phenoxy) is 2. The number of hydrogen-bond acceptors (Lipinski definition) is 5. The molecule has 0 aromatic heterocycles. The van der Waals surface area contributed by atoms with Gasteiger partial charge >= 0.3 is 12.1 Å². The second-order valence-corrected chi connectivity index (χ2v) is 12.1. The molecular weight excluding hydrogens is 533 g/mol. The third-order valence-electron chi connectivity index (χ3n) is 8.22. The van der Waals surface area contributed by atoms with Crippen LogP contribution < -0.4 is 4.74 Å². The smallest absolute Gasteiger partial charge is 0.491 e. The largest absolute Gasteiger partial charge is 0.493 e. The molecule has 9 heteroatoms. The number of alkyl halides is 3. The number of benzene rings is 2. The van der Waals surface area contributed by atoms with Crippen LogP contribution in [0.1, 0.15) is 69.6 Å². The highest BCUT2D eigenvalue weighted by atomic mass is 19.4. The van der Waals surface area contributed by atoms with Crippen molar-refractivity contribution in [1.29, 1.82) is 0 Å². The Labute approximate surface area is 240 Å². The van der Waals surface area contributed by atoms with Gasteiger partial charge in [-0.3, -0.25) is 9.69 Å². The van der Waals surface area contributed by atoms with Crippen LogP contribution in [0, 0.1) is 11.3 Å². The van der Waals surface area contributed by atoms with Gasteiger partial charge in [-0.2, -0.15) is 13.2 Å². The Bertz CT molecular complexity index is 1190. The average molecular weight is 575 g/mol. The van der Waals surface area contributed by atoms with Crippen molar-refractivity contribution in [2.24, 2.45) is 11.3 Å². The van der Waals surface area contributed by atoms with E-state index in [1.165, 1.54) is 4.90 Å². The van der Waals surface area contributed by atoms with Crippen LogP contribution in [0.4, 0.5) is 13.2 Å². The number of hydrogen-bond donors (Lipinski definition) is 0. The lowest BCUT2D eigenvalue weighted by atomic mass is 9.76. The van der Waals surface area contributed by atoms with E-state index in [0.717, 1.165) is 22.4 Å². The van der Waals surface area contributed by atoms with Gasteiger partial charge in [0.25, 0.3) is 0 Å². The van der Waals surface area contributed by atoms with Crippen LogP contribution in [0.2, 0.25) is 0 Å². The van der Waals surface area contributed by atoms with Gasteiger partial charge in [-0.25, -0.2) is 4.79 Å². The minimum absolute atomic E-state index is 0.0355. The fourth-order valence-corrected chi connectivity index (χ4v) is 5.75. The minimum Gasteiger partial charge on any atom is -0.493 e. The summed E-state index contributed by atoms with van der Waals surface area (Å²) in [5.74, 6) is -1.02. The third kappa shape index (κ3) is 7.61. The molecule has 1 atom stereocenters. The topological polar surface area (TPSA) is 59.1 Å². The summed E-state index contributed by atoms with van der Waals surface area (Å²) in [5, 5.41) is 0. The molecule has 2 saturated heterocycles. The number of carbonyl (C=O) groups is 2. The first-order chi connectivity index (χ1) is 19.4. The van der Waals surface area contributed by atoms with Crippen molar-refractivity contribution in [2.75, 3.05) is 26.2 Å². The summed E-state index contributed by atoms with van der Waals surface area (Å²) in [6.45, 7) is 11.1. The van der Waals surface area contributed by atoms with Crippen molar-refractivity contribution in [3.63, 3.8) is 0 Å². The van der Waals surface area contributed by atoms with Crippen LogP contribution in [0.25, 0.3) is 0 Å². The molecule has 0 radical (unpaired) electrons. The number of likely N-dealkylation sites (tertiary alicyclic amines) is 2. The summed E-state index contributed by atoms with van der Waals surface area (Å²) in [5.41, 5.74) is 2.24. The van der Waals surface area contributed by atoms with Gasteiger partial charge in [0.1, 0.15) is 5.75 Å². The number of nitrogens with zero attached hydrogens (tertiary/aromatic N) is 2. The molecule has 0 bridgehead atoms. The fraction of sp³-hybridized carbons (Fsp3) is 0.562. The van der Waals surface area contributed by atoms with Crippen LogP contribution in [0.15, 0.2) is 48.5 Å². The highest BCUT2D eigenvalue weighted by Crippen LogP contribution is 2.47. The van der Waals surface area contributed by atoms with E-state index in [1.54, 1.807) is 0 Å². The molecule has 2 fully saturated rings. The number of amides is 1. The monoisotopic (exact) mass is 574 g/mol. The molecule has 2 aliphatic heterocycles. The van der Waals surface area contributed by atoms with Gasteiger partial charge < -0.3 is 14.4 Å². The predicted molar refractivity (Wildman–Crippen MR) is 150 cm³/mol. The highest BCUT2D eigenvalue weighted by molar-refractivity contribution is 5.80. The number of esters is 1. The van der Waals surface area contributed by atoms with Crippen LogP contribution >= 0.6 is 0 Å². The molecule has 2 heterocycles. The number of carbonyl (C=O) groups excluding carboxylic acids is 2. The van der Waals surface area contributed by atoms with Gasteiger partial charge in [0.15, 0.2) is 6.23 Å². The summed E-state index contributed by atoms with van der Waals surface area (Å²) in [6, 6.07) is 15.5. The van der Waals surface area contributed by atoms with Crippen LogP contribution in [0.5, 0.6) is 5.75 Å².